The van der Waals surface area contributed by atoms with Crippen LogP contribution in [0, 0.1) is 5.82 Å². The first-order valence-electron chi connectivity index (χ1n) is 11.9. The molecule has 3 N–H and O–H groups in total. The Morgan fingerprint density at radius 2 is 2.05 bits per heavy atom. The van der Waals surface area contributed by atoms with E-state index in [9.17, 15) is 14.0 Å². The molecule has 0 radical (unpaired) electrons. The molecule has 2 bridgehead atoms. The van der Waals surface area contributed by atoms with E-state index in [0.29, 0.717) is 46.2 Å². The van der Waals surface area contributed by atoms with Gasteiger partial charge in [0, 0.05) is 28.6 Å². The largest absolute Gasteiger partial charge is 0.342 e. The number of aromatic nitrogens is 6. The smallest absolute Gasteiger partial charge is 0.244 e. The van der Waals surface area contributed by atoms with E-state index in [1.165, 1.54) is 35.3 Å². The Bertz CT molecular complexity index is 1580. The fourth-order valence-electron chi connectivity index (χ4n) is 4.07. The minimum absolute atomic E-state index is 0.145. The van der Waals surface area contributed by atoms with Crippen LogP contribution in [0.25, 0.3) is 23.0 Å². The molecule has 1 aliphatic rings. The Kier molecular flexibility index (Phi) is 7.80. The average Bonchev–Trinajstić information content (AvgIpc) is 3.57. The zero-order valence-electron chi connectivity index (χ0n) is 20.2. The Hall–Kier alpha value is -4.35. The van der Waals surface area contributed by atoms with Gasteiger partial charge in [-0.15, -0.1) is 5.10 Å². The van der Waals surface area contributed by atoms with E-state index >= 15 is 0 Å². The van der Waals surface area contributed by atoms with E-state index in [1.54, 1.807) is 24.3 Å². The molecule has 13 heteroatoms. The van der Waals surface area contributed by atoms with Crippen LogP contribution in [0.3, 0.4) is 0 Å². The van der Waals surface area contributed by atoms with Crippen molar-refractivity contribution >= 4 is 46.8 Å². The van der Waals surface area contributed by atoms with Gasteiger partial charge in [0.05, 0.1) is 17.4 Å². The van der Waals surface area contributed by atoms with Gasteiger partial charge in [-0.1, -0.05) is 35.4 Å². The summed E-state index contributed by atoms with van der Waals surface area (Å²) in [6.45, 7) is 0. The lowest BCUT2D eigenvalue weighted by Gasteiger charge is -2.14. The highest BCUT2D eigenvalue weighted by molar-refractivity contribution is 6.32. The summed E-state index contributed by atoms with van der Waals surface area (Å²) < 4.78 is 15.6. The summed E-state index contributed by atoms with van der Waals surface area (Å²) in [6.07, 6.45) is 9.20. The molecule has 0 unspecified atom stereocenters. The van der Waals surface area contributed by atoms with Crippen LogP contribution in [0.1, 0.15) is 36.7 Å². The molecular formula is C26H21Cl2FN8O2. The molecule has 4 aromatic rings. The van der Waals surface area contributed by atoms with Crippen LogP contribution in [-0.4, -0.2) is 42.0 Å². The van der Waals surface area contributed by atoms with E-state index in [4.69, 9.17) is 23.2 Å². The first-order chi connectivity index (χ1) is 18.9. The molecule has 0 fully saturated rings. The molecule has 3 heterocycles. The predicted octanol–water partition coefficient (Wildman–Crippen LogP) is 5.05. The number of nitrogens with zero attached hydrogens (tertiary/aromatic N) is 5. The number of carbonyl (C=O) groups is 2. The standard InChI is InChI=1S/C26H21Cl2FN8O2/c27-16-7-10-21(37-14-30-35-36-37)15(12-16)6-11-23(39)32-20-4-2-1-3-5-22(38)31-19-9-8-17(29)13-18(19)24-25(28)34-26(20)33-24/h1-2,6-14,20H,3-5H2,(H,31,38)(H,32,39)(H,33,34)/b2-1-,11-6+/t20-/m0/s1. The number of carbonyl (C=O) groups excluding carboxylic acids is 2. The molecule has 2 aromatic carbocycles. The summed E-state index contributed by atoms with van der Waals surface area (Å²) in [6, 6.07) is 8.50. The molecule has 2 aromatic heterocycles. The van der Waals surface area contributed by atoms with Crippen LogP contribution in [0.2, 0.25) is 10.2 Å². The second kappa shape index (κ2) is 11.6. The first kappa shape index (κ1) is 26.3. The second-order valence-corrected chi connectivity index (χ2v) is 9.43. The number of hydrogen-bond acceptors (Lipinski definition) is 6. The molecule has 198 valence electrons. The van der Waals surface area contributed by atoms with Crippen molar-refractivity contribution in [2.45, 2.75) is 25.3 Å². The van der Waals surface area contributed by atoms with Gasteiger partial charge in [0.2, 0.25) is 11.8 Å². The number of H-pyrrole nitrogens is 1. The summed E-state index contributed by atoms with van der Waals surface area (Å²) >= 11 is 12.6. The van der Waals surface area contributed by atoms with Gasteiger partial charge in [-0.05, 0) is 65.7 Å². The normalized spacial score (nSPS) is 16.5. The highest BCUT2D eigenvalue weighted by Crippen LogP contribution is 2.34. The molecule has 0 spiro atoms. The number of fused-ring (bicyclic) bond motifs is 4. The minimum atomic E-state index is -0.593. The zero-order valence-corrected chi connectivity index (χ0v) is 21.7. The maximum atomic E-state index is 14.1. The van der Waals surface area contributed by atoms with E-state index in [0.717, 1.165) is 0 Å². The summed E-state index contributed by atoms with van der Waals surface area (Å²) in [5.41, 5.74) is 2.22. The molecular weight excluding hydrogens is 546 g/mol. The second-order valence-electron chi connectivity index (χ2n) is 8.62. The van der Waals surface area contributed by atoms with Gasteiger partial charge in [0.1, 0.15) is 28.8 Å². The summed E-state index contributed by atoms with van der Waals surface area (Å²) in [4.78, 5) is 33.0. The van der Waals surface area contributed by atoms with Gasteiger partial charge >= 0.3 is 0 Å². The maximum absolute atomic E-state index is 14.1. The summed E-state index contributed by atoms with van der Waals surface area (Å²) in [5, 5.41) is 17.5. The van der Waals surface area contributed by atoms with E-state index < -0.39 is 17.8 Å². The number of aromatic amines is 1. The molecule has 10 nitrogen and oxygen atoms in total. The number of nitrogens with one attached hydrogen (secondary N) is 3. The Balaban J connectivity index is 1.44. The van der Waals surface area contributed by atoms with Gasteiger partial charge in [0.25, 0.3) is 0 Å². The van der Waals surface area contributed by atoms with Crippen molar-refractivity contribution in [1.29, 1.82) is 0 Å². The molecule has 0 saturated heterocycles. The van der Waals surface area contributed by atoms with Gasteiger partial charge < -0.3 is 15.6 Å². The molecule has 5 rings (SSSR count). The summed E-state index contributed by atoms with van der Waals surface area (Å²) in [5.74, 6) is -0.764. The molecule has 1 atom stereocenters. The van der Waals surface area contributed by atoms with Crippen LogP contribution in [0.4, 0.5) is 10.1 Å². The van der Waals surface area contributed by atoms with Crippen molar-refractivity contribution in [3.63, 3.8) is 0 Å². The topological polar surface area (TPSA) is 130 Å². The molecule has 0 saturated carbocycles. The van der Waals surface area contributed by atoms with Crippen LogP contribution >= 0.6 is 23.2 Å². The third-order valence-corrected chi connectivity index (χ3v) is 6.42. The van der Waals surface area contributed by atoms with Crippen LogP contribution < -0.4 is 10.6 Å². The number of rotatable bonds is 4. The van der Waals surface area contributed by atoms with Crippen molar-refractivity contribution in [3.8, 4) is 16.9 Å². The minimum Gasteiger partial charge on any atom is -0.342 e. The molecule has 39 heavy (non-hydrogen) atoms. The lowest BCUT2D eigenvalue weighted by atomic mass is 10.1. The van der Waals surface area contributed by atoms with Gasteiger partial charge in [-0.25, -0.2) is 9.37 Å². The zero-order chi connectivity index (χ0) is 27.4. The summed E-state index contributed by atoms with van der Waals surface area (Å²) in [7, 11) is 0. The SMILES string of the molecule is O=C(/C=C/c1cc(Cl)ccc1-n1cnnn1)N[C@H]1C/C=C\CCC(=O)Nc2ccc(F)cc2-c2nc1[nH]c2Cl. The Labute approximate surface area is 231 Å². The van der Waals surface area contributed by atoms with Crippen molar-refractivity contribution in [1.82, 2.24) is 35.5 Å². The van der Waals surface area contributed by atoms with Gasteiger partial charge in [0.15, 0.2) is 0 Å². The van der Waals surface area contributed by atoms with Crippen molar-refractivity contribution < 1.29 is 14.0 Å². The molecule has 0 aliphatic carbocycles. The van der Waals surface area contributed by atoms with Crippen LogP contribution in [-0.2, 0) is 9.59 Å². The number of hydrogen-bond donors (Lipinski definition) is 3. The number of halogens is 3. The lowest BCUT2D eigenvalue weighted by molar-refractivity contribution is -0.117. The van der Waals surface area contributed by atoms with Gasteiger partial charge in [-0.2, -0.15) is 4.68 Å². The highest BCUT2D eigenvalue weighted by Gasteiger charge is 2.22. The predicted molar refractivity (Wildman–Crippen MR) is 145 cm³/mol. The lowest BCUT2D eigenvalue weighted by Crippen LogP contribution is -2.27. The fraction of sp³-hybridized carbons (Fsp3) is 0.154. The number of benzene rings is 2. The third kappa shape index (κ3) is 6.21. The van der Waals surface area contributed by atoms with Crippen molar-refractivity contribution in [3.05, 3.63) is 88.3 Å². The Morgan fingerprint density at radius 3 is 2.87 bits per heavy atom. The van der Waals surface area contributed by atoms with Crippen molar-refractivity contribution in [2.24, 2.45) is 0 Å². The number of amides is 2. The highest BCUT2D eigenvalue weighted by atomic mass is 35.5. The number of imidazole rings is 1. The van der Waals surface area contributed by atoms with E-state index in [2.05, 4.69) is 36.1 Å². The van der Waals surface area contributed by atoms with E-state index in [1.807, 2.05) is 12.2 Å². The molecule has 2 amide bonds. The van der Waals surface area contributed by atoms with Gasteiger partial charge in [-0.3, -0.25) is 9.59 Å². The maximum Gasteiger partial charge on any atom is 0.244 e. The monoisotopic (exact) mass is 566 g/mol. The fourth-order valence-corrected chi connectivity index (χ4v) is 4.50. The average molecular weight is 567 g/mol. The molecule has 1 aliphatic heterocycles. The van der Waals surface area contributed by atoms with E-state index in [-0.39, 0.29) is 23.2 Å². The van der Waals surface area contributed by atoms with Crippen LogP contribution in [0.5, 0.6) is 0 Å². The van der Waals surface area contributed by atoms with Crippen molar-refractivity contribution in [2.75, 3.05) is 5.32 Å². The number of allylic oxidation sites excluding steroid dienone is 1. The quantitative estimate of drug-likeness (QED) is 0.234. The third-order valence-electron chi connectivity index (χ3n) is 5.91. The Morgan fingerprint density at radius 1 is 1.18 bits per heavy atom. The number of anilines is 1. The first-order valence-corrected chi connectivity index (χ1v) is 12.6. The van der Waals surface area contributed by atoms with Crippen LogP contribution in [0.15, 0.2) is 61.0 Å². The number of tetrazole rings is 1.